The maximum Gasteiger partial charge on any atom is 0.257 e. The summed E-state index contributed by atoms with van der Waals surface area (Å²) in [6.45, 7) is 0.601. The van der Waals surface area contributed by atoms with Crippen LogP contribution in [0, 0.1) is 0 Å². The monoisotopic (exact) mass is 356 g/mol. The quantitative estimate of drug-likeness (QED) is 0.758. The number of amides is 1. The van der Waals surface area contributed by atoms with Gasteiger partial charge in [0.25, 0.3) is 11.8 Å². The first-order valence-corrected chi connectivity index (χ1v) is 8.43. The molecule has 0 bridgehead atoms. The van der Waals surface area contributed by atoms with Crippen LogP contribution >= 0.6 is 0 Å². The number of carbonyl (C=O) groups excluding carboxylic acids is 1. The lowest BCUT2D eigenvalue weighted by Crippen LogP contribution is -2.42. The van der Waals surface area contributed by atoms with Crippen LogP contribution in [0.5, 0.6) is 0 Å². The van der Waals surface area contributed by atoms with Gasteiger partial charge in [0, 0.05) is 31.1 Å². The van der Waals surface area contributed by atoms with Crippen LogP contribution in [0.2, 0.25) is 0 Å². The number of rotatable bonds is 3. The van der Waals surface area contributed by atoms with E-state index in [4.69, 9.17) is 5.73 Å². The SMILES string of the molecule is NC(=O)c1cccc2cn(-c3ccc(C4CNCCC4(F)F)cc3)nc12. The molecule has 3 aromatic rings. The van der Waals surface area contributed by atoms with Gasteiger partial charge in [-0.15, -0.1) is 0 Å². The second-order valence-corrected chi connectivity index (χ2v) is 6.54. The Morgan fingerprint density at radius 3 is 2.69 bits per heavy atom. The number of alkyl halides is 2. The summed E-state index contributed by atoms with van der Waals surface area (Å²) >= 11 is 0. The third-order valence-electron chi connectivity index (χ3n) is 4.86. The third-order valence-corrected chi connectivity index (χ3v) is 4.86. The molecule has 0 radical (unpaired) electrons. The lowest BCUT2D eigenvalue weighted by molar-refractivity contribution is -0.0479. The summed E-state index contributed by atoms with van der Waals surface area (Å²) in [5.41, 5.74) is 7.59. The van der Waals surface area contributed by atoms with Gasteiger partial charge < -0.3 is 11.1 Å². The molecule has 1 saturated heterocycles. The van der Waals surface area contributed by atoms with Crippen LogP contribution in [0.1, 0.15) is 28.3 Å². The van der Waals surface area contributed by atoms with Gasteiger partial charge in [0.2, 0.25) is 0 Å². The number of halogens is 2. The Kier molecular flexibility index (Phi) is 3.96. The molecule has 7 heteroatoms. The second kappa shape index (κ2) is 6.17. The summed E-state index contributed by atoms with van der Waals surface area (Å²) in [5, 5.41) is 8.24. The number of nitrogens with two attached hydrogens (primary N) is 1. The summed E-state index contributed by atoms with van der Waals surface area (Å²) in [7, 11) is 0. The van der Waals surface area contributed by atoms with Gasteiger partial charge in [-0.3, -0.25) is 4.79 Å². The Labute approximate surface area is 148 Å². The molecule has 1 atom stereocenters. The molecule has 2 heterocycles. The minimum atomic E-state index is -2.70. The number of nitrogens with one attached hydrogen (secondary N) is 1. The number of nitrogens with zero attached hydrogens (tertiary/aromatic N) is 2. The number of benzene rings is 2. The predicted molar refractivity (Wildman–Crippen MR) is 94.8 cm³/mol. The molecule has 2 aromatic carbocycles. The van der Waals surface area contributed by atoms with E-state index in [9.17, 15) is 13.6 Å². The Morgan fingerprint density at radius 2 is 2.00 bits per heavy atom. The van der Waals surface area contributed by atoms with Gasteiger partial charge in [-0.2, -0.15) is 5.10 Å². The van der Waals surface area contributed by atoms with Gasteiger partial charge in [0.1, 0.15) is 5.52 Å². The molecule has 0 aliphatic carbocycles. The lowest BCUT2D eigenvalue weighted by atomic mass is 9.88. The van der Waals surface area contributed by atoms with E-state index in [0.29, 0.717) is 23.2 Å². The summed E-state index contributed by atoms with van der Waals surface area (Å²) < 4.78 is 29.9. The number of piperidine rings is 1. The van der Waals surface area contributed by atoms with E-state index >= 15 is 0 Å². The maximum atomic E-state index is 14.1. The second-order valence-electron chi connectivity index (χ2n) is 6.54. The van der Waals surface area contributed by atoms with Crippen molar-refractivity contribution < 1.29 is 13.6 Å². The van der Waals surface area contributed by atoms with E-state index in [1.165, 1.54) is 0 Å². The van der Waals surface area contributed by atoms with Crippen LogP contribution in [0.15, 0.2) is 48.7 Å². The van der Waals surface area contributed by atoms with Crippen LogP contribution in [0.3, 0.4) is 0 Å². The van der Waals surface area contributed by atoms with Crippen molar-refractivity contribution in [2.24, 2.45) is 5.73 Å². The molecule has 1 aliphatic rings. The summed E-state index contributed by atoms with van der Waals surface area (Å²) in [5.74, 6) is -4.07. The van der Waals surface area contributed by atoms with Crippen LogP contribution in [0.25, 0.3) is 16.6 Å². The van der Waals surface area contributed by atoms with E-state index in [0.717, 1.165) is 11.1 Å². The van der Waals surface area contributed by atoms with Crippen LogP contribution in [-0.2, 0) is 0 Å². The highest BCUT2D eigenvalue weighted by Gasteiger charge is 2.42. The molecule has 1 fully saturated rings. The average Bonchev–Trinajstić information content (AvgIpc) is 3.05. The van der Waals surface area contributed by atoms with Gasteiger partial charge in [0.15, 0.2) is 0 Å². The van der Waals surface area contributed by atoms with Crippen molar-refractivity contribution in [2.75, 3.05) is 13.1 Å². The first-order chi connectivity index (χ1) is 12.5. The zero-order valence-corrected chi connectivity index (χ0v) is 14.0. The van der Waals surface area contributed by atoms with Gasteiger partial charge in [-0.05, 0) is 23.8 Å². The lowest BCUT2D eigenvalue weighted by Gasteiger charge is -2.32. The van der Waals surface area contributed by atoms with Crippen molar-refractivity contribution in [2.45, 2.75) is 18.3 Å². The summed E-state index contributed by atoms with van der Waals surface area (Å²) in [6.07, 6.45) is 1.63. The minimum absolute atomic E-state index is 0.153. The highest BCUT2D eigenvalue weighted by molar-refractivity contribution is 6.04. The van der Waals surface area contributed by atoms with Crippen molar-refractivity contribution >= 4 is 16.8 Å². The van der Waals surface area contributed by atoms with Crippen molar-refractivity contribution in [3.63, 3.8) is 0 Å². The molecule has 3 N–H and O–H groups in total. The Bertz CT molecular complexity index is 965. The smallest absolute Gasteiger partial charge is 0.257 e. The Hall–Kier alpha value is -2.80. The van der Waals surface area contributed by atoms with Crippen molar-refractivity contribution in [3.8, 4) is 5.69 Å². The summed E-state index contributed by atoms with van der Waals surface area (Å²) in [6, 6.07) is 12.2. The van der Waals surface area contributed by atoms with Crippen molar-refractivity contribution in [3.05, 3.63) is 59.8 Å². The molecule has 0 spiro atoms. The van der Waals surface area contributed by atoms with Gasteiger partial charge in [0.05, 0.1) is 17.2 Å². The number of fused-ring (bicyclic) bond motifs is 1. The highest BCUT2D eigenvalue weighted by atomic mass is 19.3. The minimum Gasteiger partial charge on any atom is -0.366 e. The summed E-state index contributed by atoms with van der Waals surface area (Å²) in [4.78, 5) is 11.5. The topological polar surface area (TPSA) is 72.9 Å². The van der Waals surface area contributed by atoms with Crippen LogP contribution < -0.4 is 11.1 Å². The fourth-order valence-electron chi connectivity index (χ4n) is 3.42. The molecule has 5 nitrogen and oxygen atoms in total. The molecule has 26 heavy (non-hydrogen) atoms. The first kappa shape index (κ1) is 16.7. The van der Waals surface area contributed by atoms with Crippen LogP contribution in [0.4, 0.5) is 8.78 Å². The fraction of sp³-hybridized carbons (Fsp3) is 0.263. The van der Waals surface area contributed by atoms with Gasteiger partial charge in [-0.1, -0.05) is 24.3 Å². The van der Waals surface area contributed by atoms with Crippen molar-refractivity contribution in [1.29, 1.82) is 0 Å². The molecule has 4 rings (SSSR count). The maximum absolute atomic E-state index is 14.1. The van der Waals surface area contributed by atoms with Gasteiger partial charge in [-0.25, -0.2) is 13.5 Å². The zero-order chi connectivity index (χ0) is 18.3. The van der Waals surface area contributed by atoms with E-state index < -0.39 is 17.7 Å². The predicted octanol–water partition coefficient (Wildman–Crippen LogP) is 2.84. The molecular weight excluding hydrogens is 338 g/mol. The molecule has 1 aliphatic heterocycles. The molecule has 1 unspecified atom stereocenters. The van der Waals surface area contributed by atoms with Gasteiger partial charge >= 0.3 is 0 Å². The van der Waals surface area contributed by atoms with E-state index in [1.807, 2.05) is 6.07 Å². The zero-order valence-electron chi connectivity index (χ0n) is 14.0. The Morgan fingerprint density at radius 1 is 1.23 bits per heavy atom. The van der Waals surface area contributed by atoms with Crippen LogP contribution in [-0.4, -0.2) is 34.7 Å². The van der Waals surface area contributed by atoms with E-state index in [-0.39, 0.29) is 13.0 Å². The molecule has 1 aromatic heterocycles. The van der Waals surface area contributed by atoms with E-state index in [2.05, 4.69) is 10.4 Å². The number of primary amides is 1. The third kappa shape index (κ3) is 2.84. The highest BCUT2D eigenvalue weighted by Crippen LogP contribution is 2.38. The normalized spacial score (nSPS) is 19.5. The molecule has 134 valence electrons. The number of hydrogen-bond acceptors (Lipinski definition) is 3. The molecule has 0 saturated carbocycles. The molecule has 1 amide bonds. The standard InChI is InChI=1S/C19H18F2N4O/c20-19(21)8-9-23-10-16(19)12-4-6-14(7-5-12)25-11-13-2-1-3-15(18(22)26)17(13)24-25/h1-7,11,16,23H,8-10H2,(H2,22,26). The fourth-order valence-corrected chi connectivity index (χ4v) is 3.42. The first-order valence-electron chi connectivity index (χ1n) is 8.43. The number of hydrogen-bond donors (Lipinski definition) is 2. The molecular formula is C19H18F2N4O. The number of aromatic nitrogens is 2. The average molecular weight is 356 g/mol. The largest absolute Gasteiger partial charge is 0.366 e. The van der Waals surface area contributed by atoms with Crippen molar-refractivity contribution in [1.82, 2.24) is 15.1 Å². The Balaban J connectivity index is 1.68. The number of carbonyl (C=O) groups is 1. The van der Waals surface area contributed by atoms with E-state index in [1.54, 1.807) is 47.3 Å².